The van der Waals surface area contributed by atoms with Crippen molar-refractivity contribution < 1.29 is 0 Å². The van der Waals surface area contributed by atoms with Crippen LogP contribution in [0.5, 0.6) is 0 Å². The Morgan fingerprint density at radius 1 is 1.26 bits per heavy atom. The van der Waals surface area contributed by atoms with Crippen molar-refractivity contribution in [2.45, 2.75) is 84.2 Å². The van der Waals surface area contributed by atoms with Gasteiger partial charge in [-0.05, 0) is 49.4 Å². The highest BCUT2D eigenvalue weighted by molar-refractivity contribution is 5.18. The molecular weight excluding hydrogens is 230 g/mol. The lowest BCUT2D eigenvalue weighted by Gasteiger charge is -2.48. The molecule has 4 bridgehead atoms. The molecule has 0 aromatic carbocycles. The number of rotatable bonds is 6. The summed E-state index contributed by atoms with van der Waals surface area (Å²) in [6.45, 7) is 11.5. The monoisotopic (exact) mass is 261 g/mol. The van der Waals surface area contributed by atoms with Crippen LogP contribution in [-0.2, 0) is 0 Å². The second-order valence-corrected chi connectivity index (χ2v) is 7.60. The summed E-state index contributed by atoms with van der Waals surface area (Å²) in [6.07, 6.45) is 11.2. The van der Waals surface area contributed by atoms with Gasteiger partial charge < -0.3 is 4.90 Å². The molecule has 0 amide bonds. The number of nitrogens with zero attached hydrogens (tertiary/aromatic N) is 1. The van der Waals surface area contributed by atoms with E-state index in [1.165, 1.54) is 57.1 Å². The van der Waals surface area contributed by atoms with E-state index in [9.17, 15) is 0 Å². The van der Waals surface area contributed by atoms with E-state index in [-0.39, 0.29) is 0 Å². The maximum absolute atomic E-state index is 4.39. The largest absolute Gasteiger partial charge is 0.369 e. The summed E-state index contributed by atoms with van der Waals surface area (Å²) in [5.74, 6) is 1.93. The van der Waals surface area contributed by atoms with E-state index in [2.05, 4.69) is 32.3 Å². The molecular formula is C18H31N. The van der Waals surface area contributed by atoms with Crippen LogP contribution in [-0.4, -0.2) is 17.0 Å². The van der Waals surface area contributed by atoms with Crippen LogP contribution < -0.4 is 0 Å². The fourth-order valence-corrected chi connectivity index (χ4v) is 5.70. The molecule has 108 valence electrons. The standard InChI is InChI=1S/C18H31N/c1-5-7-13(3)18-10-15-9-16(11-18)19(17(15)12-18)14(4)8-6-2/h13,15-17H,4-12H2,1-3H3. The van der Waals surface area contributed by atoms with Crippen molar-refractivity contribution in [3.05, 3.63) is 12.3 Å². The first-order valence-electron chi connectivity index (χ1n) is 8.57. The molecule has 1 nitrogen and oxygen atoms in total. The molecule has 1 heteroatoms. The van der Waals surface area contributed by atoms with Crippen molar-refractivity contribution in [2.24, 2.45) is 17.3 Å². The highest BCUT2D eigenvalue weighted by Gasteiger charge is 2.60. The van der Waals surface area contributed by atoms with E-state index < -0.39 is 0 Å². The van der Waals surface area contributed by atoms with Gasteiger partial charge in [0.05, 0.1) is 0 Å². The van der Waals surface area contributed by atoms with Crippen LogP contribution in [0.2, 0.25) is 0 Å². The van der Waals surface area contributed by atoms with Gasteiger partial charge in [0.1, 0.15) is 0 Å². The predicted octanol–water partition coefficient (Wildman–Crippen LogP) is 4.98. The van der Waals surface area contributed by atoms with Gasteiger partial charge in [-0.15, -0.1) is 0 Å². The van der Waals surface area contributed by atoms with Crippen LogP contribution >= 0.6 is 0 Å². The zero-order valence-corrected chi connectivity index (χ0v) is 13.1. The van der Waals surface area contributed by atoms with Crippen molar-refractivity contribution in [1.82, 2.24) is 4.90 Å². The Kier molecular flexibility index (Phi) is 3.43. The summed E-state index contributed by atoms with van der Waals surface area (Å²) in [5.41, 5.74) is 2.15. The highest BCUT2D eigenvalue weighted by Crippen LogP contribution is 2.63. The minimum atomic E-state index is 0.706. The van der Waals surface area contributed by atoms with Crippen LogP contribution in [0.1, 0.15) is 72.1 Å². The summed E-state index contributed by atoms with van der Waals surface area (Å²) in [4.78, 5) is 2.76. The molecule has 2 aliphatic heterocycles. The van der Waals surface area contributed by atoms with Gasteiger partial charge in [0.15, 0.2) is 0 Å². The van der Waals surface area contributed by atoms with Gasteiger partial charge in [-0.2, -0.15) is 0 Å². The van der Waals surface area contributed by atoms with Crippen LogP contribution in [0.15, 0.2) is 12.3 Å². The van der Waals surface area contributed by atoms with Gasteiger partial charge in [0.25, 0.3) is 0 Å². The summed E-state index contributed by atoms with van der Waals surface area (Å²) in [6, 6.07) is 1.70. The number of allylic oxidation sites excluding steroid dienone is 1. The Morgan fingerprint density at radius 2 is 2.05 bits per heavy atom. The summed E-state index contributed by atoms with van der Waals surface area (Å²) >= 11 is 0. The molecule has 4 rings (SSSR count). The Hall–Kier alpha value is -0.460. The lowest BCUT2D eigenvalue weighted by Crippen LogP contribution is -2.46. The Bertz CT molecular complexity index is 357. The van der Waals surface area contributed by atoms with E-state index in [4.69, 9.17) is 0 Å². The average molecular weight is 261 g/mol. The Balaban J connectivity index is 1.76. The first-order chi connectivity index (χ1) is 9.11. The van der Waals surface area contributed by atoms with E-state index in [0.717, 1.165) is 23.9 Å². The van der Waals surface area contributed by atoms with Crippen molar-refractivity contribution in [1.29, 1.82) is 0 Å². The molecule has 2 aliphatic carbocycles. The van der Waals surface area contributed by atoms with Crippen LogP contribution in [0.3, 0.4) is 0 Å². The molecule has 5 atom stereocenters. The maximum atomic E-state index is 4.39. The molecule has 0 radical (unpaired) electrons. The summed E-state index contributed by atoms with van der Waals surface area (Å²) in [7, 11) is 0. The first-order valence-corrected chi connectivity index (χ1v) is 8.57. The molecule has 2 heterocycles. The van der Waals surface area contributed by atoms with Gasteiger partial charge in [0.2, 0.25) is 0 Å². The highest BCUT2D eigenvalue weighted by atomic mass is 15.3. The third-order valence-electron chi connectivity index (χ3n) is 6.47. The van der Waals surface area contributed by atoms with Crippen LogP contribution in [0.4, 0.5) is 0 Å². The van der Waals surface area contributed by atoms with Crippen molar-refractivity contribution in [3.63, 3.8) is 0 Å². The van der Waals surface area contributed by atoms with E-state index in [1.807, 2.05) is 0 Å². The van der Waals surface area contributed by atoms with Gasteiger partial charge in [0, 0.05) is 17.8 Å². The predicted molar refractivity (Wildman–Crippen MR) is 81.9 cm³/mol. The summed E-state index contributed by atoms with van der Waals surface area (Å²) in [5, 5.41) is 0. The SMILES string of the molecule is C=C(CCC)N1C2CC3CC(C(C)CCC)(C2)CC31. The molecule has 2 saturated heterocycles. The van der Waals surface area contributed by atoms with E-state index >= 15 is 0 Å². The Labute approximate surface area is 119 Å². The second-order valence-electron chi connectivity index (χ2n) is 7.60. The smallest absolute Gasteiger partial charge is 0.0324 e. The van der Waals surface area contributed by atoms with Crippen molar-refractivity contribution >= 4 is 0 Å². The molecule has 0 aromatic heterocycles. The van der Waals surface area contributed by atoms with Crippen LogP contribution in [0.25, 0.3) is 0 Å². The fourth-order valence-electron chi connectivity index (χ4n) is 5.70. The third kappa shape index (κ3) is 1.96. The lowest BCUT2D eigenvalue weighted by atomic mass is 9.64. The maximum Gasteiger partial charge on any atom is 0.0324 e. The quantitative estimate of drug-likeness (QED) is 0.652. The Morgan fingerprint density at radius 3 is 2.68 bits per heavy atom. The number of hydrogen-bond acceptors (Lipinski definition) is 1. The molecule has 0 N–H and O–H groups in total. The minimum Gasteiger partial charge on any atom is -0.369 e. The fraction of sp³-hybridized carbons (Fsp3) is 0.889. The first kappa shape index (κ1) is 13.5. The van der Waals surface area contributed by atoms with E-state index in [1.54, 1.807) is 0 Å². The molecule has 5 unspecified atom stereocenters. The minimum absolute atomic E-state index is 0.706. The van der Waals surface area contributed by atoms with Crippen molar-refractivity contribution in [2.75, 3.05) is 0 Å². The molecule has 0 aromatic rings. The van der Waals surface area contributed by atoms with Gasteiger partial charge >= 0.3 is 0 Å². The zero-order valence-electron chi connectivity index (χ0n) is 13.1. The number of piperidine rings is 1. The molecule has 4 aliphatic rings. The third-order valence-corrected chi connectivity index (χ3v) is 6.47. The van der Waals surface area contributed by atoms with Gasteiger partial charge in [-0.1, -0.05) is 46.6 Å². The normalized spacial score (nSPS) is 41.0. The molecule has 19 heavy (non-hydrogen) atoms. The van der Waals surface area contributed by atoms with E-state index in [0.29, 0.717) is 5.41 Å². The molecule has 0 spiro atoms. The molecule has 2 saturated carbocycles. The number of hydrogen-bond donors (Lipinski definition) is 0. The average Bonchev–Trinajstić information content (AvgIpc) is 2.77. The van der Waals surface area contributed by atoms with Gasteiger partial charge in [-0.3, -0.25) is 0 Å². The second kappa shape index (κ2) is 4.82. The topological polar surface area (TPSA) is 3.24 Å². The molecule has 4 fully saturated rings. The van der Waals surface area contributed by atoms with Crippen molar-refractivity contribution in [3.8, 4) is 0 Å². The van der Waals surface area contributed by atoms with Gasteiger partial charge in [-0.25, -0.2) is 0 Å². The zero-order chi connectivity index (χ0) is 13.6. The lowest BCUT2D eigenvalue weighted by molar-refractivity contribution is 0.0403. The van der Waals surface area contributed by atoms with Crippen LogP contribution in [0, 0.1) is 17.3 Å². The summed E-state index contributed by atoms with van der Waals surface area (Å²) < 4.78 is 0.